The molecule has 1 aromatic heterocycles. The van der Waals surface area contributed by atoms with Crippen LogP contribution in [0.25, 0.3) is 0 Å². The van der Waals surface area contributed by atoms with Gasteiger partial charge in [-0.25, -0.2) is 0 Å². The van der Waals surface area contributed by atoms with Gasteiger partial charge in [0.05, 0.1) is 0 Å². The molecule has 80 valence electrons. The Bertz CT molecular complexity index is 277. The fourth-order valence-corrected chi connectivity index (χ4v) is 1.71. The van der Waals surface area contributed by atoms with E-state index in [4.69, 9.17) is 0 Å². The molecule has 0 aliphatic carbocycles. The molecule has 0 aliphatic rings. The summed E-state index contributed by atoms with van der Waals surface area (Å²) in [6, 6.07) is 0. The quantitative estimate of drug-likeness (QED) is 0.606. The molecule has 14 heavy (non-hydrogen) atoms. The second kappa shape index (κ2) is 4.79. The van der Waals surface area contributed by atoms with Crippen LogP contribution in [0.1, 0.15) is 20.8 Å². The average Bonchev–Trinajstić information content (AvgIpc) is 2.44. The Morgan fingerprint density at radius 3 is 2.71 bits per heavy atom. The molecule has 1 rings (SSSR count). The molecule has 5 heteroatoms. The van der Waals surface area contributed by atoms with Gasteiger partial charge in [0, 0.05) is 24.9 Å². The van der Waals surface area contributed by atoms with Crippen molar-refractivity contribution in [3.63, 3.8) is 0 Å². The van der Waals surface area contributed by atoms with E-state index in [1.807, 2.05) is 11.6 Å². The minimum Gasteiger partial charge on any atom is -0.312 e. The maximum atomic E-state index is 4.00. The number of hydrogen-bond donors (Lipinski definition) is 1. The predicted octanol–water partition coefficient (Wildman–Crippen LogP) is 1.30. The number of thioether (sulfide) groups is 1. The van der Waals surface area contributed by atoms with Gasteiger partial charge in [-0.1, -0.05) is 11.8 Å². The summed E-state index contributed by atoms with van der Waals surface area (Å²) in [6.07, 6.45) is 1.72. The van der Waals surface area contributed by atoms with Crippen LogP contribution in [0.5, 0.6) is 0 Å². The first-order valence-corrected chi connectivity index (χ1v) is 5.69. The highest BCUT2D eigenvalue weighted by molar-refractivity contribution is 7.99. The SMILES string of the molecule is Cn1cnnc1SCCNC(C)(C)C. The summed E-state index contributed by atoms with van der Waals surface area (Å²) in [5.41, 5.74) is 0.195. The standard InChI is InChI=1S/C9H18N4S/c1-9(2,3)10-5-6-14-8-12-11-7-13(8)4/h7,10H,5-6H2,1-4H3. The highest BCUT2D eigenvalue weighted by Crippen LogP contribution is 2.12. The molecule has 1 aromatic rings. The van der Waals surface area contributed by atoms with E-state index in [1.165, 1.54) is 0 Å². The van der Waals surface area contributed by atoms with Crippen molar-refractivity contribution in [3.8, 4) is 0 Å². The van der Waals surface area contributed by atoms with Crippen LogP contribution in [0, 0.1) is 0 Å². The van der Waals surface area contributed by atoms with Crippen LogP contribution in [-0.2, 0) is 7.05 Å². The average molecular weight is 214 g/mol. The topological polar surface area (TPSA) is 42.7 Å². The molecule has 0 amide bonds. The maximum absolute atomic E-state index is 4.00. The molecule has 4 nitrogen and oxygen atoms in total. The van der Waals surface area contributed by atoms with E-state index >= 15 is 0 Å². The van der Waals surface area contributed by atoms with Crippen LogP contribution in [0.3, 0.4) is 0 Å². The van der Waals surface area contributed by atoms with Gasteiger partial charge in [-0.2, -0.15) is 0 Å². The smallest absolute Gasteiger partial charge is 0.190 e. The lowest BCUT2D eigenvalue weighted by Gasteiger charge is -2.19. The van der Waals surface area contributed by atoms with Gasteiger partial charge in [-0.3, -0.25) is 0 Å². The third kappa shape index (κ3) is 4.11. The zero-order chi connectivity index (χ0) is 10.6. The Morgan fingerprint density at radius 2 is 2.21 bits per heavy atom. The third-order valence-corrected chi connectivity index (χ3v) is 2.69. The summed E-state index contributed by atoms with van der Waals surface area (Å²) in [5.74, 6) is 1.02. The van der Waals surface area contributed by atoms with Crippen molar-refractivity contribution in [1.29, 1.82) is 0 Å². The molecule has 0 saturated heterocycles. The molecule has 0 aromatic carbocycles. The van der Waals surface area contributed by atoms with Crippen molar-refractivity contribution in [2.24, 2.45) is 7.05 Å². The Labute approximate surface area is 89.5 Å². The van der Waals surface area contributed by atoms with Gasteiger partial charge in [-0.15, -0.1) is 10.2 Å². The molecule has 0 aliphatic heterocycles. The van der Waals surface area contributed by atoms with Gasteiger partial charge in [0.15, 0.2) is 5.16 Å². The van der Waals surface area contributed by atoms with Gasteiger partial charge >= 0.3 is 0 Å². The number of nitrogens with one attached hydrogen (secondary N) is 1. The van der Waals surface area contributed by atoms with Crippen LogP contribution >= 0.6 is 11.8 Å². The van der Waals surface area contributed by atoms with Crippen molar-refractivity contribution in [3.05, 3.63) is 6.33 Å². The zero-order valence-electron chi connectivity index (χ0n) is 9.24. The molecule has 0 spiro atoms. The third-order valence-electron chi connectivity index (χ3n) is 1.66. The lowest BCUT2D eigenvalue weighted by atomic mass is 10.1. The molecule has 0 saturated carbocycles. The van der Waals surface area contributed by atoms with Crippen LogP contribution in [-0.4, -0.2) is 32.6 Å². The summed E-state index contributed by atoms with van der Waals surface area (Å²) in [4.78, 5) is 0. The van der Waals surface area contributed by atoms with Gasteiger partial charge in [0.2, 0.25) is 0 Å². The summed E-state index contributed by atoms with van der Waals surface area (Å²) in [6.45, 7) is 7.49. The molecular weight excluding hydrogens is 196 g/mol. The van der Waals surface area contributed by atoms with Crippen molar-refractivity contribution in [2.75, 3.05) is 12.3 Å². The fraction of sp³-hybridized carbons (Fsp3) is 0.778. The Balaban J connectivity index is 2.20. The molecule has 0 bridgehead atoms. The molecule has 0 unspecified atom stereocenters. The molecule has 0 atom stereocenters. The molecule has 1 heterocycles. The molecule has 0 radical (unpaired) electrons. The lowest BCUT2D eigenvalue weighted by Crippen LogP contribution is -2.37. The van der Waals surface area contributed by atoms with Crippen LogP contribution in [0.4, 0.5) is 0 Å². The van der Waals surface area contributed by atoms with Crippen molar-refractivity contribution in [2.45, 2.75) is 31.5 Å². The first kappa shape index (κ1) is 11.5. The van der Waals surface area contributed by atoms with Gasteiger partial charge in [0.25, 0.3) is 0 Å². The maximum Gasteiger partial charge on any atom is 0.190 e. The Hall–Kier alpha value is -0.550. The lowest BCUT2D eigenvalue weighted by molar-refractivity contribution is 0.441. The van der Waals surface area contributed by atoms with Gasteiger partial charge in [-0.05, 0) is 20.8 Å². The van der Waals surface area contributed by atoms with E-state index in [-0.39, 0.29) is 5.54 Å². The van der Waals surface area contributed by atoms with E-state index in [1.54, 1.807) is 18.1 Å². The number of aromatic nitrogens is 3. The number of hydrogen-bond acceptors (Lipinski definition) is 4. The Morgan fingerprint density at radius 1 is 1.50 bits per heavy atom. The predicted molar refractivity (Wildman–Crippen MR) is 59.5 cm³/mol. The first-order chi connectivity index (χ1) is 6.49. The minimum absolute atomic E-state index is 0.195. The number of rotatable bonds is 4. The molecular formula is C9H18N4S. The fourth-order valence-electron chi connectivity index (χ4n) is 0.972. The van der Waals surface area contributed by atoms with Crippen LogP contribution < -0.4 is 5.32 Å². The van der Waals surface area contributed by atoms with E-state index in [9.17, 15) is 0 Å². The second-order valence-electron chi connectivity index (χ2n) is 4.25. The summed E-state index contributed by atoms with van der Waals surface area (Å²) < 4.78 is 1.93. The molecule has 0 fully saturated rings. The normalized spacial score (nSPS) is 12.0. The highest BCUT2D eigenvalue weighted by Gasteiger charge is 2.08. The molecule has 1 N–H and O–H groups in total. The number of aryl methyl sites for hydroxylation is 1. The van der Waals surface area contributed by atoms with Crippen molar-refractivity contribution >= 4 is 11.8 Å². The minimum atomic E-state index is 0.195. The van der Waals surface area contributed by atoms with Crippen molar-refractivity contribution in [1.82, 2.24) is 20.1 Å². The monoisotopic (exact) mass is 214 g/mol. The van der Waals surface area contributed by atoms with Crippen LogP contribution in [0.2, 0.25) is 0 Å². The highest BCUT2D eigenvalue weighted by atomic mass is 32.2. The van der Waals surface area contributed by atoms with Gasteiger partial charge < -0.3 is 9.88 Å². The summed E-state index contributed by atoms with van der Waals surface area (Å²) >= 11 is 1.72. The number of nitrogens with zero attached hydrogens (tertiary/aromatic N) is 3. The first-order valence-electron chi connectivity index (χ1n) is 4.71. The van der Waals surface area contributed by atoms with E-state index in [0.29, 0.717) is 0 Å². The largest absolute Gasteiger partial charge is 0.312 e. The Kier molecular flexibility index (Phi) is 3.95. The van der Waals surface area contributed by atoms with Gasteiger partial charge in [0.1, 0.15) is 6.33 Å². The summed E-state index contributed by atoms with van der Waals surface area (Å²) in [7, 11) is 1.96. The second-order valence-corrected chi connectivity index (χ2v) is 5.31. The van der Waals surface area contributed by atoms with E-state index in [2.05, 4.69) is 36.3 Å². The zero-order valence-corrected chi connectivity index (χ0v) is 10.1. The van der Waals surface area contributed by atoms with Crippen LogP contribution in [0.15, 0.2) is 11.5 Å². The van der Waals surface area contributed by atoms with E-state index < -0.39 is 0 Å². The summed E-state index contributed by atoms with van der Waals surface area (Å²) in [5, 5.41) is 12.2. The van der Waals surface area contributed by atoms with Crippen molar-refractivity contribution < 1.29 is 0 Å². The van der Waals surface area contributed by atoms with E-state index in [0.717, 1.165) is 17.5 Å².